The Hall–Kier alpha value is -2.24. The standard InChI is InChI=1S/C17H12ClFN2OS/c18-12-6-7-14(15(19)9-12)16(22)21-17-20-10-13(23-17)8-11-4-2-1-3-5-11/h1-7,9-10H,8H2,(H,20,21,22). The predicted molar refractivity (Wildman–Crippen MR) is 90.7 cm³/mol. The van der Waals surface area contributed by atoms with Crippen molar-refractivity contribution in [2.45, 2.75) is 6.42 Å². The number of aromatic nitrogens is 1. The number of thiazole rings is 1. The molecule has 3 nitrogen and oxygen atoms in total. The van der Waals surface area contributed by atoms with Gasteiger partial charge in [-0.05, 0) is 23.8 Å². The van der Waals surface area contributed by atoms with Crippen LogP contribution in [0.1, 0.15) is 20.8 Å². The first kappa shape index (κ1) is 15.6. The van der Waals surface area contributed by atoms with Gasteiger partial charge in [0.2, 0.25) is 0 Å². The maximum atomic E-state index is 13.7. The molecule has 1 aromatic heterocycles. The molecule has 0 saturated heterocycles. The molecule has 0 fully saturated rings. The van der Waals surface area contributed by atoms with Crippen LogP contribution in [0.3, 0.4) is 0 Å². The van der Waals surface area contributed by atoms with Crippen LogP contribution in [0.4, 0.5) is 9.52 Å². The molecule has 23 heavy (non-hydrogen) atoms. The van der Waals surface area contributed by atoms with Gasteiger partial charge in [0, 0.05) is 22.5 Å². The molecule has 1 heterocycles. The lowest BCUT2D eigenvalue weighted by Crippen LogP contribution is -2.13. The lowest BCUT2D eigenvalue weighted by molar-refractivity contribution is 0.102. The van der Waals surface area contributed by atoms with Gasteiger partial charge in [-0.3, -0.25) is 10.1 Å². The second kappa shape index (κ2) is 6.89. The van der Waals surface area contributed by atoms with E-state index in [0.29, 0.717) is 5.13 Å². The van der Waals surface area contributed by atoms with E-state index in [1.165, 1.54) is 23.5 Å². The average Bonchev–Trinajstić information content (AvgIpc) is 2.95. The van der Waals surface area contributed by atoms with Crippen LogP contribution >= 0.6 is 22.9 Å². The van der Waals surface area contributed by atoms with Gasteiger partial charge in [0.1, 0.15) is 5.82 Å². The molecule has 0 bridgehead atoms. The Kier molecular flexibility index (Phi) is 4.69. The molecule has 0 saturated carbocycles. The third-order valence-electron chi connectivity index (χ3n) is 3.17. The third kappa shape index (κ3) is 3.94. The Morgan fingerprint density at radius 1 is 1.22 bits per heavy atom. The maximum Gasteiger partial charge on any atom is 0.260 e. The number of hydrogen-bond acceptors (Lipinski definition) is 3. The number of anilines is 1. The van der Waals surface area contributed by atoms with Crippen molar-refractivity contribution in [3.63, 3.8) is 0 Å². The number of carbonyl (C=O) groups is 1. The first-order chi connectivity index (χ1) is 11.1. The van der Waals surface area contributed by atoms with Crippen molar-refractivity contribution in [2.75, 3.05) is 5.32 Å². The first-order valence-corrected chi connectivity index (χ1v) is 8.06. The Balaban J connectivity index is 1.70. The van der Waals surface area contributed by atoms with E-state index in [1.54, 1.807) is 6.20 Å². The zero-order valence-corrected chi connectivity index (χ0v) is 13.5. The molecule has 1 N–H and O–H groups in total. The highest BCUT2D eigenvalue weighted by Gasteiger charge is 2.14. The molecule has 3 rings (SSSR count). The van der Waals surface area contributed by atoms with Crippen molar-refractivity contribution in [3.05, 3.63) is 81.6 Å². The topological polar surface area (TPSA) is 42.0 Å². The summed E-state index contributed by atoms with van der Waals surface area (Å²) >= 11 is 7.05. The fourth-order valence-electron chi connectivity index (χ4n) is 2.08. The summed E-state index contributed by atoms with van der Waals surface area (Å²) in [6.07, 6.45) is 2.45. The highest BCUT2D eigenvalue weighted by molar-refractivity contribution is 7.15. The summed E-state index contributed by atoms with van der Waals surface area (Å²) in [6.45, 7) is 0. The van der Waals surface area contributed by atoms with E-state index >= 15 is 0 Å². The second-order valence-corrected chi connectivity index (χ2v) is 6.42. The summed E-state index contributed by atoms with van der Waals surface area (Å²) in [7, 11) is 0. The summed E-state index contributed by atoms with van der Waals surface area (Å²) < 4.78 is 13.7. The van der Waals surface area contributed by atoms with Gasteiger partial charge >= 0.3 is 0 Å². The number of nitrogens with one attached hydrogen (secondary N) is 1. The second-order valence-electron chi connectivity index (χ2n) is 4.87. The first-order valence-electron chi connectivity index (χ1n) is 6.87. The van der Waals surface area contributed by atoms with Crippen LogP contribution in [0.15, 0.2) is 54.7 Å². The number of hydrogen-bond donors (Lipinski definition) is 1. The Morgan fingerprint density at radius 2 is 2.00 bits per heavy atom. The van der Waals surface area contributed by atoms with E-state index in [0.717, 1.165) is 22.9 Å². The van der Waals surface area contributed by atoms with Crippen molar-refractivity contribution in [3.8, 4) is 0 Å². The van der Waals surface area contributed by atoms with Crippen molar-refractivity contribution < 1.29 is 9.18 Å². The lowest BCUT2D eigenvalue weighted by Gasteiger charge is -2.03. The fraction of sp³-hybridized carbons (Fsp3) is 0.0588. The number of carbonyl (C=O) groups excluding carboxylic acids is 1. The molecule has 0 aliphatic carbocycles. The number of benzene rings is 2. The summed E-state index contributed by atoms with van der Waals surface area (Å²) in [4.78, 5) is 17.3. The molecule has 0 radical (unpaired) electrons. The van der Waals surface area contributed by atoms with Crippen molar-refractivity contribution in [2.24, 2.45) is 0 Å². The number of rotatable bonds is 4. The third-order valence-corrected chi connectivity index (χ3v) is 4.32. The summed E-state index contributed by atoms with van der Waals surface area (Å²) in [5.41, 5.74) is 1.10. The molecule has 1 amide bonds. The van der Waals surface area contributed by atoms with Gasteiger partial charge in [-0.15, -0.1) is 11.3 Å². The van der Waals surface area contributed by atoms with Gasteiger partial charge in [0.15, 0.2) is 5.13 Å². The van der Waals surface area contributed by atoms with E-state index in [2.05, 4.69) is 10.3 Å². The zero-order chi connectivity index (χ0) is 16.2. The molecule has 2 aromatic carbocycles. The Labute approximate surface area is 141 Å². The Morgan fingerprint density at radius 3 is 2.74 bits per heavy atom. The quantitative estimate of drug-likeness (QED) is 0.738. The van der Waals surface area contributed by atoms with E-state index in [9.17, 15) is 9.18 Å². The summed E-state index contributed by atoms with van der Waals surface area (Å²) in [6, 6.07) is 13.9. The zero-order valence-electron chi connectivity index (χ0n) is 11.9. The van der Waals surface area contributed by atoms with E-state index < -0.39 is 11.7 Å². The van der Waals surface area contributed by atoms with Crippen LogP contribution in [0.2, 0.25) is 5.02 Å². The van der Waals surface area contributed by atoms with Gasteiger partial charge in [-0.2, -0.15) is 0 Å². The van der Waals surface area contributed by atoms with Gasteiger partial charge in [0.25, 0.3) is 5.91 Å². The van der Waals surface area contributed by atoms with Crippen LogP contribution < -0.4 is 5.32 Å². The molecule has 0 aliphatic heterocycles. The van der Waals surface area contributed by atoms with Crippen molar-refractivity contribution in [1.82, 2.24) is 4.98 Å². The number of nitrogens with zero attached hydrogens (tertiary/aromatic N) is 1. The maximum absolute atomic E-state index is 13.7. The molecule has 6 heteroatoms. The summed E-state index contributed by atoms with van der Waals surface area (Å²) in [5, 5.41) is 3.30. The molecule has 0 unspecified atom stereocenters. The molecule has 116 valence electrons. The number of amides is 1. The monoisotopic (exact) mass is 346 g/mol. The van der Waals surface area contributed by atoms with Crippen molar-refractivity contribution >= 4 is 34.0 Å². The molecular formula is C17H12ClFN2OS. The minimum absolute atomic E-state index is 0.0609. The van der Waals surface area contributed by atoms with Crippen LogP contribution in [-0.4, -0.2) is 10.9 Å². The van der Waals surface area contributed by atoms with Crippen LogP contribution in [0.5, 0.6) is 0 Å². The van der Waals surface area contributed by atoms with Gasteiger partial charge in [0.05, 0.1) is 5.56 Å². The predicted octanol–water partition coefficient (Wildman–Crippen LogP) is 4.78. The molecule has 0 aliphatic rings. The van der Waals surface area contributed by atoms with Gasteiger partial charge in [-0.25, -0.2) is 9.37 Å². The van der Waals surface area contributed by atoms with E-state index in [4.69, 9.17) is 11.6 Å². The minimum Gasteiger partial charge on any atom is -0.298 e. The van der Waals surface area contributed by atoms with Crippen LogP contribution in [-0.2, 0) is 6.42 Å². The largest absolute Gasteiger partial charge is 0.298 e. The average molecular weight is 347 g/mol. The highest BCUT2D eigenvalue weighted by Crippen LogP contribution is 2.22. The molecule has 0 spiro atoms. The molecular weight excluding hydrogens is 335 g/mol. The fourth-order valence-corrected chi connectivity index (χ4v) is 3.08. The number of halogens is 2. The minimum atomic E-state index is -0.656. The van der Waals surface area contributed by atoms with Gasteiger partial charge in [-0.1, -0.05) is 41.9 Å². The highest BCUT2D eigenvalue weighted by atomic mass is 35.5. The van der Waals surface area contributed by atoms with E-state index in [-0.39, 0.29) is 10.6 Å². The summed E-state index contributed by atoms with van der Waals surface area (Å²) in [5.74, 6) is -1.20. The van der Waals surface area contributed by atoms with Gasteiger partial charge < -0.3 is 0 Å². The smallest absolute Gasteiger partial charge is 0.260 e. The van der Waals surface area contributed by atoms with E-state index in [1.807, 2.05) is 30.3 Å². The van der Waals surface area contributed by atoms with Crippen LogP contribution in [0.25, 0.3) is 0 Å². The van der Waals surface area contributed by atoms with Crippen molar-refractivity contribution in [1.29, 1.82) is 0 Å². The normalized spacial score (nSPS) is 10.5. The van der Waals surface area contributed by atoms with Crippen LogP contribution in [0, 0.1) is 5.82 Å². The molecule has 0 atom stereocenters. The Bertz CT molecular complexity index is 836. The lowest BCUT2D eigenvalue weighted by atomic mass is 10.1. The molecule has 3 aromatic rings. The SMILES string of the molecule is O=C(Nc1ncc(Cc2ccccc2)s1)c1ccc(Cl)cc1F.